The van der Waals surface area contributed by atoms with Crippen molar-refractivity contribution in [3.05, 3.63) is 71.4 Å². The van der Waals surface area contributed by atoms with Crippen LogP contribution in [0.5, 0.6) is 5.75 Å². The second kappa shape index (κ2) is 9.00. The molecule has 1 N–H and O–H groups in total. The minimum Gasteiger partial charge on any atom is -0.496 e. The van der Waals surface area contributed by atoms with E-state index in [1.165, 1.54) is 7.11 Å². The van der Waals surface area contributed by atoms with Crippen LogP contribution in [-0.2, 0) is 9.53 Å². The van der Waals surface area contributed by atoms with Gasteiger partial charge in [0, 0.05) is 13.1 Å². The molecule has 3 rings (SSSR count). The maximum atomic E-state index is 13.0. The topological polar surface area (TPSA) is 67.9 Å². The number of nitrogens with one attached hydrogen (secondary N) is 1. The summed E-state index contributed by atoms with van der Waals surface area (Å²) in [6, 6.07) is 16.3. The summed E-state index contributed by atoms with van der Waals surface area (Å²) in [4.78, 5) is 27.4. The van der Waals surface area contributed by atoms with Crippen molar-refractivity contribution in [2.75, 3.05) is 33.4 Å². The van der Waals surface area contributed by atoms with Crippen LogP contribution in [0.15, 0.2) is 60.3 Å². The Balaban J connectivity index is 1.88. The van der Waals surface area contributed by atoms with Crippen molar-refractivity contribution < 1.29 is 19.1 Å². The summed E-state index contributed by atoms with van der Waals surface area (Å²) in [5, 5.41) is 2.76. The number of methoxy groups -OCH3 is 1. The molecule has 1 fully saturated rings. The summed E-state index contributed by atoms with van der Waals surface area (Å²) in [7, 11) is 1.51. The first-order valence-corrected chi connectivity index (χ1v) is 8.77. The summed E-state index contributed by atoms with van der Waals surface area (Å²) in [6.07, 6.45) is 1.69. The molecule has 1 heterocycles. The maximum absolute atomic E-state index is 13.0. The van der Waals surface area contributed by atoms with Crippen LogP contribution < -0.4 is 10.1 Å². The molecule has 2 aromatic rings. The van der Waals surface area contributed by atoms with E-state index < -0.39 is 5.91 Å². The minimum atomic E-state index is -0.392. The summed E-state index contributed by atoms with van der Waals surface area (Å²) < 4.78 is 10.6. The van der Waals surface area contributed by atoms with Crippen LogP contribution in [0, 0.1) is 0 Å². The molecule has 140 valence electrons. The molecule has 2 amide bonds. The second-order valence-corrected chi connectivity index (χ2v) is 6.03. The van der Waals surface area contributed by atoms with E-state index in [1.54, 1.807) is 35.2 Å². The Kier molecular flexibility index (Phi) is 6.22. The van der Waals surface area contributed by atoms with Gasteiger partial charge in [-0.3, -0.25) is 9.59 Å². The fraction of sp³-hybridized carbons (Fsp3) is 0.238. The van der Waals surface area contributed by atoms with Gasteiger partial charge in [-0.2, -0.15) is 0 Å². The highest BCUT2D eigenvalue weighted by Gasteiger charge is 2.23. The summed E-state index contributed by atoms with van der Waals surface area (Å²) in [6.45, 7) is 1.97. The van der Waals surface area contributed by atoms with Crippen molar-refractivity contribution in [1.82, 2.24) is 10.2 Å². The molecule has 0 spiro atoms. The van der Waals surface area contributed by atoms with Gasteiger partial charge in [-0.1, -0.05) is 42.5 Å². The van der Waals surface area contributed by atoms with E-state index in [-0.39, 0.29) is 11.6 Å². The molecule has 1 aliphatic rings. The molecule has 0 aliphatic carbocycles. The Hall–Kier alpha value is -3.12. The average molecular weight is 366 g/mol. The molecule has 0 unspecified atom stereocenters. The lowest BCUT2D eigenvalue weighted by Gasteiger charge is -2.28. The molecule has 0 bridgehead atoms. The fourth-order valence-corrected chi connectivity index (χ4v) is 2.83. The molecule has 0 aromatic heterocycles. The van der Waals surface area contributed by atoms with Crippen molar-refractivity contribution in [2.45, 2.75) is 0 Å². The molecule has 6 nitrogen and oxygen atoms in total. The van der Waals surface area contributed by atoms with E-state index in [2.05, 4.69) is 5.32 Å². The lowest BCUT2D eigenvalue weighted by molar-refractivity contribution is -0.131. The number of carbonyl (C=O) groups excluding carboxylic acids is 2. The Morgan fingerprint density at radius 1 is 1.04 bits per heavy atom. The zero-order valence-electron chi connectivity index (χ0n) is 15.2. The van der Waals surface area contributed by atoms with Crippen LogP contribution in [0.1, 0.15) is 15.9 Å². The first kappa shape index (κ1) is 18.7. The molecule has 0 radical (unpaired) electrons. The molecular formula is C21H22N2O4. The highest BCUT2D eigenvalue weighted by molar-refractivity contribution is 6.06. The number of carbonyl (C=O) groups is 2. The highest BCUT2D eigenvalue weighted by Crippen LogP contribution is 2.18. The number of hydrogen-bond donors (Lipinski definition) is 1. The van der Waals surface area contributed by atoms with Gasteiger partial charge < -0.3 is 19.7 Å². The summed E-state index contributed by atoms with van der Waals surface area (Å²) in [5.41, 5.74) is 1.42. The van der Waals surface area contributed by atoms with Gasteiger partial charge in [0.05, 0.1) is 25.9 Å². The van der Waals surface area contributed by atoms with Gasteiger partial charge in [0.2, 0.25) is 0 Å². The van der Waals surface area contributed by atoms with E-state index in [0.717, 1.165) is 5.56 Å². The molecule has 1 aliphatic heterocycles. The zero-order chi connectivity index (χ0) is 19.1. The van der Waals surface area contributed by atoms with E-state index in [1.807, 2.05) is 30.3 Å². The van der Waals surface area contributed by atoms with Crippen molar-refractivity contribution >= 4 is 17.9 Å². The molecule has 27 heavy (non-hydrogen) atoms. The van der Waals surface area contributed by atoms with Gasteiger partial charge in [-0.05, 0) is 23.8 Å². The fourth-order valence-electron chi connectivity index (χ4n) is 2.83. The quantitative estimate of drug-likeness (QED) is 0.825. The van der Waals surface area contributed by atoms with Gasteiger partial charge in [0.25, 0.3) is 11.8 Å². The summed E-state index contributed by atoms with van der Waals surface area (Å²) >= 11 is 0. The Morgan fingerprint density at radius 2 is 1.70 bits per heavy atom. The Labute approximate surface area is 158 Å². The third-order valence-corrected chi connectivity index (χ3v) is 4.24. The first-order valence-electron chi connectivity index (χ1n) is 8.77. The average Bonchev–Trinajstić information content (AvgIpc) is 2.74. The predicted molar refractivity (Wildman–Crippen MR) is 102 cm³/mol. The van der Waals surface area contributed by atoms with Gasteiger partial charge in [-0.25, -0.2) is 0 Å². The number of hydrogen-bond acceptors (Lipinski definition) is 4. The lowest BCUT2D eigenvalue weighted by atomic mass is 10.1. The number of amides is 2. The SMILES string of the molecule is COc1ccccc1C(=O)N/C(=C\c1ccccc1)C(=O)N1CCOCC1. The highest BCUT2D eigenvalue weighted by atomic mass is 16.5. The number of morpholine rings is 1. The third kappa shape index (κ3) is 4.74. The smallest absolute Gasteiger partial charge is 0.270 e. The first-order chi connectivity index (χ1) is 13.2. The van der Waals surface area contributed by atoms with Crippen LogP contribution in [0.4, 0.5) is 0 Å². The van der Waals surface area contributed by atoms with Crippen LogP contribution in [0.3, 0.4) is 0 Å². The number of rotatable bonds is 5. The van der Waals surface area contributed by atoms with Crippen LogP contribution >= 0.6 is 0 Å². The van der Waals surface area contributed by atoms with Crippen LogP contribution in [0.2, 0.25) is 0 Å². The Morgan fingerprint density at radius 3 is 2.41 bits per heavy atom. The van der Waals surface area contributed by atoms with Crippen LogP contribution in [0.25, 0.3) is 6.08 Å². The van der Waals surface area contributed by atoms with Gasteiger partial charge >= 0.3 is 0 Å². The molecule has 2 aromatic carbocycles. The lowest BCUT2D eigenvalue weighted by Crippen LogP contribution is -2.44. The number of para-hydroxylation sites is 1. The maximum Gasteiger partial charge on any atom is 0.270 e. The molecule has 0 saturated carbocycles. The van der Waals surface area contributed by atoms with Crippen molar-refractivity contribution in [3.63, 3.8) is 0 Å². The molecular weight excluding hydrogens is 344 g/mol. The second-order valence-electron chi connectivity index (χ2n) is 6.03. The van der Waals surface area contributed by atoms with Gasteiger partial charge in [0.15, 0.2) is 0 Å². The van der Waals surface area contributed by atoms with E-state index in [0.29, 0.717) is 37.6 Å². The van der Waals surface area contributed by atoms with Crippen LogP contribution in [-0.4, -0.2) is 50.1 Å². The number of benzene rings is 2. The predicted octanol–water partition coefficient (Wildman–Crippen LogP) is 2.32. The molecule has 1 saturated heterocycles. The Bertz CT molecular complexity index is 827. The normalized spacial score (nSPS) is 14.6. The molecule has 0 atom stereocenters. The number of nitrogens with zero attached hydrogens (tertiary/aromatic N) is 1. The van der Waals surface area contributed by atoms with Crippen molar-refractivity contribution in [2.24, 2.45) is 0 Å². The van der Waals surface area contributed by atoms with Gasteiger partial charge in [-0.15, -0.1) is 0 Å². The number of ether oxygens (including phenoxy) is 2. The molecule has 6 heteroatoms. The minimum absolute atomic E-state index is 0.221. The zero-order valence-corrected chi connectivity index (χ0v) is 15.2. The van der Waals surface area contributed by atoms with Gasteiger partial charge in [0.1, 0.15) is 11.4 Å². The van der Waals surface area contributed by atoms with E-state index in [9.17, 15) is 9.59 Å². The van der Waals surface area contributed by atoms with E-state index in [4.69, 9.17) is 9.47 Å². The largest absolute Gasteiger partial charge is 0.496 e. The summed E-state index contributed by atoms with van der Waals surface area (Å²) in [5.74, 6) is -0.172. The third-order valence-electron chi connectivity index (χ3n) is 4.24. The van der Waals surface area contributed by atoms with Crippen molar-refractivity contribution in [3.8, 4) is 5.75 Å². The standard InChI is InChI=1S/C21H22N2O4/c1-26-19-10-6-5-9-17(19)20(24)22-18(15-16-7-3-2-4-8-16)21(25)23-11-13-27-14-12-23/h2-10,15H,11-14H2,1H3,(H,22,24)/b18-15-. The monoisotopic (exact) mass is 366 g/mol. The van der Waals surface area contributed by atoms with Crippen molar-refractivity contribution in [1.29, 1.82) is 0 Å². The van der Waals surface area contributed by atoms with E-state index >= 15 is 0 Å².